The van der Waals surface area contributed by atoms with Gasteiger partial charge in [-0.2, -0.15) is 12.6 Å². The summed E-state index contributed by atoms with van der Waals surface area (Å²) in [5.74, 6) is -0.291. The Morgan fingerprint density at radius 2 is 1.83 bits per heavy atom. The van der Waals surface area contributed by atoms with E-state index in [1.54, 1.807) is 42.7 Å². The predicted molar refractivity (Wildman–Crippen MR) is 116 cm³/mol. The van der Waals surface area contributed by atoms with Crippen LogP contribution in [-0.2, 0) is 9.53 Å². The Labute approximate surface area is 179 Å². The number of carbonyl (C=O) groups is 2. The molecule has 0 aliphatic rings. The van der Waals surface area contributed by atoms with Crippen molar-refractivity contribution in [2.45, 2.75) is 18.9 Å². The molecule has 1 N–H and O–H groups in total. The lowest BCUT2D eigenvalue weighted by Gasteiger charge is -2.16. The smallest absolute Gasteiger partial charge is 0.345 e. The van der Waals surface area contributed by atoms with Gasteiger partial charge in [-0.3, -0.25) is 4.98 Å². The normalized spacial score (nSPS) is 11.5. The van der Waals surface area contributed by atoms with Crippen molar-refractivity contribution in [3.63, 3.8) is 0 Å². The number of aromatic nitrogens is 1. The van der Waals surface area contributed by atoms with Gasteiger partial charge in [-0.05, 0) is 60.1 Å². The fraction of sp³-hybridized carbons (Fsp3) is 0.174. The average molecular weight is 423 g/mol. The Morgan fingerprint density at radius 1 is 1.03 bits per heavy atom. The molecule has 3 rings (SSSR count). The molecule has 0 radical (unpaired) electrons. The van der Waals surface area contributed by atoms with Crippen molar-refractivity contribution in [2.75, 3.05) is 5.75 Å². The predicted octanol–water partition coefficient (Wildman–Crippen LogP) is 4.86. The van der Waals surface area contributed by atoms with Crippen LogP contribution in [0.5, 0.6) is 11.5 Å². The van der Waals surface area contributed by atoms with Crippen LogP contribution in [0, 0.1) is 0 Å². The lowest BCUT2D eigenvalue weighted by atomic mass is 9.99. The lowest BCUT2D eigenvalue weighted by Crippen LogP contribution is -2.27. The molecule has 0 aliphatic heterocycles. The molecular formula is C23H21NO5S. The number of thiol groups is 1. The average Bonchev–Trinajstić information content (AvgIpc) is 2.77. The molecule has 1 heterocycles. The van der Waals surface area contributed by atoms with Gasteiger partial charge in [-0.1, -0.05) is 30.3 Å². The first-order valence-electron chi connectivity index (χ1n) is 9.40. The Balaban J connectivity index is 1.92. The molecule has 0 saturated carbocycles. The number of esters is 1. The number of pyridine rings is 1. The highest BCUT2D eigenvalue weighted by atomic mass is 32.1. The second kappa shape index (κ2) is 10.5. The van der Waals surface area contributed by atoms with Gasteiger partial charge in [0.15, 0.2) is 6.10 Å². The van der Waals surface area contributed by atoms with Crippen LogP contribution >= 0.6 is 12.6 Å². The maximum absolute atomic E-state index is 12.8. The first-order valence-corrected chi connectivity index (χ1v) is 10.0. The molecular weight excluding hydrogens is 402 g/mol. The van der Waals surface area contributed by atoms with Crippen molar-refractivity contribution in [3.05, 3.63) is 78.6 Å². The fourth-order valence-corrected chi connectivity index (χ4v) is 3.05. The number of hydrogen-bond donors (Lipinski definition) is 2. The van der Waals surface area contributed by atoms with Crippen molar-refractivity contribution in [2.24, 2.45) is 0 Å². The molecule has 0 aliphatic carbocycles. The maximum atomic E-state index is 12.8. The molecule has 0 saturated heterocycles. The molecule has 1 unspecified atom stereocenters. The third-order valence-electron chi connectivity index (χ3n) is 4.32. The molecule has 2 aromatic carbocycles. The summed E-state index contributed by atoms with van der Waals surface area (Å²) >= 11 is 4.09. The van der Waals surface area contributed by atoms with Gasteiger partial charge in [0.1, 0.15) is 11.5 Å². The van der Waals surface area contributed by atoms with Crippen LogP contribution in [0.25, 0.3) is 11.1 Å². The number of benzene rings is 2. The molecule has 0 spiro atoms. The first-order chi connectivity index (χ1) is 14.6. The highest BCUT2D eigenvalue weighted by Crippen LogP contribution is 2.31. The van der Waals surface area contributed by atoms with Crippen molar-refractivity contribution < 1.29 is 24.2 Å². The van der Waals surface area contributed by atoms with Gasteiger partial charge >= 0.3 is 11.9 Å². The summed E-state index contributed by atoms with van der Waals surface area (Å²) in [6, 6.07) is 17.8. The number of aliphatic carboxylic acids is 1. The van der Waals surface area contributed by atoms with Crippen molar-refractivity contribution >= 4 is 24.6 Å². The number of hydrogen-bond acceptors (Lipinski definition) is 6. The van der Waals surface area contributed by atoms with Crippen LogP contribution in [0.3, 0.4) is 0 Å². The molecule has 6 nitrogen and oxygen atoms in total. The quantitative estimate of drug-likeness (QED) is 0.378. The number of carboxylic acid groups (broad SMARTS) is 1. The molecule has 0 amide bonds. The molecule has 3 aromatic rings. The second-order valence-corrected chi connectivity index (χ2v) is 6.91. The minimum atomic E-state index is -1.22. The van der Waals surface area contributed by atoms with E-state index in [4.69, 9.17) is 9.47 Å². The van der Waals surface area contributed by atoms with E-state index in [0.717, 1.165) is 5.56 Å². The van der Waals surface area contributed by atoms with Gasteiger partial charge in [0.25, 0.3) is 0 Å². The molecule has 154 valence electrons. The summed E-state index contributed by atoms with van der Waals surface area (Å²) < 4.78 is 11.1. The molecule has 1 aromatic heterocycles. The van der Waals surface area contributed by atoms with Crippen LogP contribution in [0.15, 0.2) is 73.1 Å². The lowest BCUT2D eigenvalue weighted by molar-refractivity contribution is -0.147. The zero-order chi connectivity index (χ0) is 21.3. The third kappa shape index (κ3) is 5.61. The number of carboxylic acids is 1. The molecule has 7 heteroatoms. The van der Waals surface area contributed by atoms with Gasteiger partial charge in [0.05, 0.1) is 11.8 Å². The Kier molecular flexibility index (Phi) is 7.45. The van der Waals surface area contributed by atoms with Crippen LogP contribution in [0.1, 0.15) is 23.2 Å². The van der Waals surface area contributed by atoms with E-state index < -0.39 is 18.0 Å². The fourth-order valence-electron chi connectivity index (χ4n) is 2.87. The van der Waals surface area contributed by atoms with E-state index in [1.165, 1.54) is 0 Å². The van der Waals surface area contributed by atoms with Crippen molar-refractivity contribution in [1.82, 2.24) is 4.98 Å². The van der Waals surface area contributed by atoms with E-state index >= 15 is 0 Å². The molecule has 0 bridgehead atoms. The summed E-state index contributed by atoms with van der Waals surface area (Å²) in [7, 11) is 0. The Bertz CT molecular complexity index is 995. The van der Waals surface area contributed by atoms with E-state index in [-0.39, 0.29) is 12.0 Å². The van der Waals surface area contributed by atoms with E-state index in [9.17, 15) is 14.7 Å². The van der Waals surface area contributed by atoms with Crippen LogP contribution < -0.4 is 4.74 Å². The number of nitrogens with zero attached hydrogens (tertiary/aromatic N) is 1. The van der Waals surface area contributed by atoms with Crippen LogP contribution in [0.2, 0.25) is 0 Å². The zero-order valence-corrected chi connectivity index (χ0v) is 17.0. The highest BCUT2D eigenvalue weighted by molar-refractivity contribution is 7.80. The SMILES string of the molecule is O=C(OC(CCCS)C(=O)O)c1ccc(Oc2cccnc2)cc1-c1ccccc1. The highest BCUT2D eigenvalue weighted by Gasteiger charge is 2.24. The van der Waals surface area contributed by atoms with Gasteiger partial charge in [0.2, 0.25) is 0 Å². The zero-order valence-electron chi connectivity index (χ0n) is 16.1. The molecule has 30 heavy (non-hydrogen) atoms. The topological polar surface area (TPSA) is 85.7 Å². The molecule has 1 atom stereocenters. The standard InChI is InChI=1S/C23H21NO5S/c25-22(26)21(9-5-13-30)29-23(27)19-11-10-17(28-18-8-4-12-24-15-18)14-20(19)16-6-2-1-3-7-16/h1-4,6-8,10-12,14-15,21,30H,5,9,13H2,(H,25,26). The molecule has 0 fully saturated rings. The van der Waals surface area contributed by atoms with Crippen LogP contribution in [-0.4, -0.2) is 33.9 Å². The monoisotopic (exact) mass is 423 g/mol. The summed E-state index contributed by atoms with van der Waals surface area (Å²) in [4.78, 5) is 28.3. The van der Waals surface area contributed by atoms with Crippen molar-refractivity contribution in [3.8, 4) is 22.6 Å². The second-order valence-electron chi connectivity index (χ2n) is 6.46. The number of ether oxygens (including phenoxy) is 2. The summed E-state index contributed by atoms with van der Waals surface area (Å²) in [5, 5.41) is 9.36. The number of rotatable bonds is 9. The minimum absolute atomic E-state index is 0.202. The van der Waals surface area contributed by atoms with E-state index in [1.807, 2.05) is 30.3 Å². The largest absolute Gasteiger partial charge is 0.479 e. The van der Waals surface area contributed by atoms with Gasteiger partial charge in [-0.25, -0.2) is 9.59 Å². The van der Waals surface area contributed by atoms with Crippen LogP contribution in [0.4, 0.5) is 0 Å². The van der Waals surface area contributed by atoms with Crippen molar-refractivity contribution in [1.29, 1.82) is 0 Å². The first kappa shape index (κ1) is 21.4. The van der Waals surface area contributed by atoms with Gasteiger partial charge < -0.3 is 14.6 Å². The van der Waals surface area contributed by atoms with E-state index in [2.05, 4.69) is 17.6 Å². The van der Waals surface area contributed by atoms with Gasteiger partial charge in [-0.15, -0.1) is 0 Å². The minimum Gasteiger partial charge on any atom is -0.479 e. The van der Waals surface area contributed by atoms with E-state index in [0.29, 0.717) is 29.2 Å². The maximum Gasteiger partial charge on any atom is 0.345 e. The number of carbonyl (C=O) groups excluding carboxylic acids is 1. The Morgan fingerprint density at radius 3 is 2.50 bits per heavy atom. The summed E-state index contributed by atoms with van der Waals surface area (Å²) in [6.07, 6.45) is 2.74. The summed E-state index contributed by atoms with van der Waals surface area (Å²) in [6.45, 7) is 0. The van der Waals surface area contributed by atoms with Gasteiger partial charge in [0, 0.05) is 6.20 Å². The summed E-state index contributed by atoms with van der Waals surface area (Å²) in [5.41, 5.74) is 1.63. The Hall–Kier alpha value is -3.32. The third-order valence-corrected chi connectivity index (χ3v) is 4.63.